The fourth-order valence-electron chi connectivity index (χ4n) is 2.32. The maximum Gasteiger partial charge on any atom is 0.239 e. The number of anilines is 2. The van der Waals surface area contributed by atoms with Gasteiger partial charge >= 0.3 is 0 Å². The molecule has 0 amide bonds. The van der Waals surface area contributed by atoms with Gasteiger partial charge in [0.05, 0.1) is 5.52 Å². The maximum atomic E-state index is 5.47. The number of rotatable bonds is 2. The quantitative estimate of drug-likeness (QED) is 0.644. The standard InChI is InChI=1S/C13H17N5S/c14-17-13-15-11-5-2-1-4-10(11)12(16-13)18-6-3-8-19-9-7-18/h1-2,4-5H,3,6-9,14H2,(H,15,16,17). The van der Waals surface area contributed by atoms with Crippen LogP contribution in [0.1, 0.15) is 6.42 Å². The number of hydrogen-bond acceptors (Lipinski definition) is 6. The van der Waals surface area contributed by atoms with Crippen LogP contribution in [0.3, 0.4) is 0 Å². The van der Waals surface area contributed by atoms with Crippen LogP contribution in [0.5, 0.6) is 0 Å². The van der Waals surface area contributed by atoms with E-state index in [2.05, 4.69) is 26.4 Å². The number of nitrogens with one attached hydrogen (secondary N) is 1. The van der Waals surface area contributed by atoms with E-state index >= 15 is 0 Å². The maximum absolute atomic E-state index is 5.47. The van der Waals surface area contributed by atoms with Crippen molar-refractivity contribution in [2.24, 2.45) is 5.84 Å². The van der Waals surface area contributed by atoms with Crippen molar-refractivity contribution in [2.75, 3.05) is 34.9 Å². The van der Waals surface area contributed by atoms with Crippen LogP contribution in [0.4, 0.5) is 11.8 Å². The molecule has 3 N–H and O–H groups in total. The van der Waals surface area contributed by atoms with Crippen molar-refractivity contribution in [3.05, 3.63) is 24.3 Å². The predicted molar refractivity (Wildman–Crippen MR) is 81.5 cm³/mol. The number of benzene rings is 1. The molecular weight excluding hydrogens is 258 g/mol. The van der Waals surface area contributed by atoms with E-state index in [1.54, 1.807) is 0 Å². The largest absolute Gasteiger partial charge is 0.355 e. The third-order valence-corrected chi connectivity index (χ3v) is 4.28. The van der Waals surface area contributed by atoms with E-state index < -0.39 is 0 Å². The summed E-state index contributed by atoms with van der Waals surface area (Å²) >= 11 is 2.00. The van der Waals surface area contributed by atoms with Gasteiger partial charge in [0.25, 0.3) is 0 Å². The van der Waals surface area contributed by atoms with Crippen molar-refractivity contribution < 1.29 is 0 Å². The lowest BCUT2D eigenvalue weighted by Gasteiger charge is -2.23. The zero-order valence-corrected chi connectivity index (χ0v) is 11.5. The van der Waals surface area contributed by atoms with Crippen LogP contribution < -0.4 is 16.2 Å². The van der Waals surface area contributed by atoms with Gasteiger partial charge in [-0.3, -0.25) is 5.43 Å². The Labute approximate surface area is 116 Å². The number of nitrogens with zero attached hydrogens (tertiary/aromatic N) is 3. The molecule has 19 heavy (non-hydrogen) atoms. The molecule has 0 unspecified atom stereocenters. The number of aromatic nitrogens is 2. The minimum absolute atomic E-state index is 0.477. The van der Waals surface area contributed by atoms with E-state index in [0.717, 1.165) is 35.6 Å². The number of thioether (sulfide) groups is 1. The molecular formula is C13H17N5S. The first-order valence-electron chi connectivity index (χ1n) is 6.44. The summed E-state index contributed by atoms with van der Waals surface area (Å²) in [4.78, 5) is 11.3. The Balaban J connectivity index is 2.09. The first kappa shape index (κ1) is 12.5. The summed E-state index contributed by atoms with van der Waals surface area (Å²) in [7, 11) is 0. The molecule has 0 aliphatic carbocycles. The number of hydrazine groups is 1. The van der Waals surface area contributed by atoms with Gasteiger partial charge in [-0.25, -0.2) is 10.8 Å². The summed E-state index contributed by atoms with van der Waals surface area (Å²) in [6, 6.07) is 8.08. The molecule has 1 aromatic heterocycles. The molecule has 3 rings (SSSR count). The minimum atomic E-state index is 0.477. The number of nitrogens with two attached hydrogens (primary N) is 1. The fourth-order valence-corrected chi connectivity index (χ4v) is 3.21. The van der Waals surface area contributed by atoms with Crippen LogP contribution in [0, 0.1) is 0 Å². The van der Waals surface area contributed by atoms with Gasteiger partial charge in [0.1, 0.15) is 5.82 Å². The van der Waals surface area contributed by atoms with Gasteiger partial charge in [0, 0.05) is 24.2 Å². The van der Waals surface area contributed by atoms with Gasteiger partial charge in [-0.1, -0.05) is 12.1 Å². The van der Waals surface area contributed by atoms with Crippen LogP contribution >= 0.6 is 11.8 Å². The van der Waals surface area contributed by atoms with E-state index in [0.29, 0.717) is 5.95 Å². The summed E-state index contributed by atoms with van der Waals surface area (Å²) < 4.78 is 0. The highest BCUT2D eigenvalue weighted by Crippen LogP contribution is 2.26. The van der Waals surface area contributed by atoms with Crippen LogP contribution in [0.25, 0.3) is 10.9 Å². The molecule has 1 aromatic carbocycles. The van der Waals surface area contributed by atoms with Gasteiger partial charge in [-0.05, 0) is 24.3 Å². The molecule has 0 saturated carbocycles. The zero-order chi connectivity index (χ0) is 13.1. The Bertz CT molecular complexity index is 566. The molecule has 0 bridgehead atoms. The average molecular weight is 275 g/mol. The lowest BCUT2D eigenvalue weighted by Crippen LogP contribution is -2.27. The molecule has 5 nitrogen and oxygen atoms in total. The normalized spacial score (nSPS) is 16.4. The summed E-state index contributed by atoms with van der Waals surface area (Å²) in [6.07, 6.45) is 1.19. The Morgan fingerprint density at radius 3 is 2.95 bits per heavy atom. The van der Waals surface area contributed by atoms with Gasteiger partial charge < -0.3 is 4.90 Å². The van der Waals surface area contributed by atoms with Crippen LogP contribution in [0.15, 0.2) is 24.3 Å². The molecule has 1 aliphatic rings. The van der Waals surface area contributed by atoms with E-state index in [1.807, 2.05) is 30.0 Å². The fraction of sp³-hybridized carbons (Fsp3) is 0.385. The molecule has 0 radical (unpaired) electrons. The average Bonchev–Trinajstić information content (AvgIpc) is 2.75. The predicted octanol–water partition coefficient (Wildman–Crippen LogP) is 1.86. The van der Waals surface area contributed by atoms with Crippen molar-refractivity contribution in [1.29, 1.82) is 0 Å². The molecule has 1 fully saturated rings. The molecule has 2 aromatic rings. The number of fused-ring (bicyclic) bond motifs is 1. The van der Waals surface area contributed by atoms with Crippen LogP contribution in [0.2, 0.25) is 0 Å². The summed E-state index contributed by atoms with van der Waals surface area (Å²) in [5.41, 5.74) is 3.49. The topological polar surface area (TPSA) is 67.1 Å². The van der Waals surface area contributed by atoms with Crippen LogP contribution in [-0.4, -0.2) is 34.6 Å². The summed E-state index contributed by atoms with van der Waals surface area (Å²) in [6.45, 7) is 2.06. The summed E-state index contributed by atoms with van der Waals surface area (Å²) in [5.74, 6) is 9.30. The van der Waals surface area contributed by atoms with Crippen molar-refractivity contribution in [1.82, 2.24) is 9.97 Å². The van der Waals surface area contributed by atoms with E-state index in [4.69, 9.17) is 5.84 Å². The summed E-state index contributed by atoms with van der Waals surface area (Å²) in [5, 5.41) is 1.09. The second-order valence-corrected chi connectivity index (χ2v) is 5.71. The molecule has 1 saturated heterocycles. The van der Waals surface area contributed by atoms with Gasteiger partial charge in [0.15, 0.2) is 0 Å². The third kappa shape index (κ3) is 2.59. The van der Waals surface area contributed by atoms with Crippen molar-refractivity contribution >= 4 is 34.4 Å². The zero-order valence-electron chi connectivity index (χ0n) is 10.7. The highest BCUT2D eigenvalue weighted by Gasteiger charge is 2.15. The van der Waals surface area contributed by atoms with E-state index in [-0.39, 0.29) is 0 Å². The van der Waals surface area contributed by atoms with E-state index in [9.17, 15) is 0 Å². The van der Waals surface area contributed by atoms with Crippen molar-refractivity contribution in [3.63, 3.8) is 0 Å². The minimum Gasteiger partial charge on any atom is -0.355 e. The van der Waals surface area contributed by atoms with Gasteiger partial charge in [0.2, 0.25) is 5.95 Å². The molecule has 6 heteroatoms. The Kier molecular flexibility index (Phi) is 3.70. The second kappa shape index (κ2) is 5.63. The monoisotopic (exact) mass is 275 g/mol. The highest BCUT2D eigenvalue weighted by atomic mass is 32.2. The number of nitrogen functional groups attached to an aromatic ring is 1. The van der Waals surface area contributed by atoms with Gasteiger partial charge in [-0.2, -0.15) is 16.7 Å². The molecule has 1 aliphatic heterocycles. The SMILES string of the molecule is NNc1nc(N2CCCSCC2)c2ccccc2n1. The second-order valence-electron chi connectivity index (χ2n) is 4.49. The number of para-hydroxylation sites is 1. The Hall–Kier alpha value is -1.53. The van der Waals surface area contributed by atoms with Crippen molar-refractivity contribution in [3.8, 4) is 0 Å². The van der Waals surface area contributed by atoms with Gasteiger partial charge in [-0.15, -0.1) is 0 Å². The lowest BCUT2D eigenvalue weighted by atomic mass is 10.2. The smallest absolute Gasteiger partial charge is 0.239 e. The van der Waals surface area contributed by atoms with Crippen LogP contribution in [-0.2, 0) is 0 Å². The first-order chi connectivity index (χ1) is 9.38. The molecule has 0 atom stereocenters. The first-order valence-corrected chi connectivity index (χ1v) is 7.60. The number of hydrogen-bond donors (Lipinski definition) is 2. The third-order valence-electron chi connectivity index (χ3n) is 3.23. The molecule has 100 valence electrons. The highest BCUT2D eigenvalue weighted by molar-refractivity contribution is 7.99. The lowest BCUT2D eigenvalue weighted by molar-refractivity contribution is 0.804. The Morgan fingerprint density at radius 2 is 2.05 bits per heavy atom. The van der Waals surface area contributed by atoms with E-state index in [1.165, 1.54) is 12.2 Å². The Morgan fingerprint density at radius 1 is 1.16 bits per heavy atom. The molecule has 2 heterocycles. The van der Waals surface area contributed by atoms with Crippen molar-refractivity contribution in [2.45, 2.75) is 6.42 Å². The molecule has 0 spiro atoms.